The number of nitrogens with one attached hydrogen (secondary N) is 1. The molecule has 3 rings (SSSR count). The summed E-state index contributed by atoms with van der Waals surface area (Å²) in [6.07, 6.45) is 1.97. The van der Waals surface area contributed by atoms with Crippen LogP contribution in [-0.2, 0) is 4.79 Å². The van der Waals surface area contributed by atoms with Crippen LogP contribution in [0, 0.1) is 13.8 Å². The molecule has 0 unspecified atom stereocenters. The zero-order valence-electron chi connectivity index (χ0n) is 14.1. The number of anilines is 1. The van der Waals surface area contributed by atoms with E-state index in [9.17, 15) is 4.79 Å². The van der Waals surface area contributed by atoms with E-state index in [1.807, 2.05) is 24.3 Å². The van der Waals surface area contributed by atoms with Crippen molar-refractivity contribution >= 4 is 23.4 Å². The standard InChI is InChI=1S/C18H19N5OS/c1-13-6-7-17(10-14(13)2)25-9-8-18(24)20-15-4-3-5-16(11-15)23-12-19-21-22-23/h3-7,10-12H,8-9H2,1-2H3,(H,20,24). The molecule has 6 nitrogen and oxygen atoms in total. The van der Waals surface area contributed by atoms with E-state index in [1.165, 1.54) is 22.3 Å². The van der Waals surface area contributed by atoms with Gasteiger partial charge in [-0.2, -0.15) is 0 Å². The number of benzene rings is 2. The number of nitrogens with zero attached hydrogens (tertiary/aromatic N) is 4. The highest BCUT2D eigenvalue weighted by Crippen LogP contribution is 2.22. The Balaban J connectivity index is 1.52. The largest absolute Gasteiger partial charge is 0.326 e. The topological polar surface area (TPSA) is 72.7 Å². The van der Waals surface area contributed by atoms with Crippen molar-refractivity contribution in [1.82, 2.24) is 20.2 Å². The summed E-state index contributed by atoms with van der Waals surface area (Å²) in [6.45, 7) is 4.20. The Bertz CT molecular complexity index is 864. The Morgan fingerprint density at radius 1 is 1.16 bits per heavy atom. The minimum atomic E-state index is -0.00908. The third-order valence-corrected chi connectivity index (χ3v) is 4.82. The number of aryl methyl sites for hydroxylation is 2. The number of thioether (sulfide) groups is 1. The van der Waals surface area contributed by atoms with Crippen LogP contribution >= 0.6 is 11.8 Å². The molecule has 0 aliphatic carbocycles. The first-order valence-electron chi connectivity index (χ1n) is 7.95. The van der Waals surface area contributed by atoms with Gasteiger partial charge in [0, 0.05) is 22.8 Å². The van der Waals surface area contributed by atoms with Crippen LogP contribution in [-0.4, -0.2) is 31.9 Å². The van der Waals surface area contributed by atoms with Crippen LogP contribution < -0.4 is 5.32 Å². The fourth-order valence-corrected chi connectivity index (χ4v) is 3.24. The quantitative estimate of drug-likeness (QED) is 0.688. The monoisotopic (exact) mass is 353 g/mol. The smallest absolute Gasteiger partial charge is 0.225 e. The summed E-state index contributed by atoms with van der Waals surface area (Å²) in [5, 5.41) is 14.0. The first-order chi connectivity index (χ1) is 12.1. The summed E-state index contributed by atoms with van der Waals surface area (Å²) in [5.74, 6) is 0.728. The van der Waals surface area contributed by atoms with Crippen molar-refractivity contribution in [3.63, 3.8) is 0 Å². The van der Waals surface area contributed by atoms with Gasteiger partial charge in [-0.1, -0.05) is 12.1 Å². The van der Waals surface area contributed by atoms with Gasteiger partial charge in [0.1, 0.15) is 6.33 Å². The number of amides is 1. The van der Waals surface area contributed by atoms with Crippen LogP contribution in [0.3, 0.4) is 0 Å². The Labute approximate surface area is 150 Å². The fraction of sp³-hybridized carbons (Fsp3) is 0.222. The van der Waals surface area contributed by atoms with Crippen LogP contribution in [0.25, 0.3) is 5.69 Å². The molecular formula is C18H19N5OS. The Morgan fingerprint density at radius 3 is 2.80 bits per heavy atom. The fourth-order valence-electron chi connectivity index (χ4n) is 2.29. The molecular weight excluding hydrogens is 334 g/mol. The second kappa shape index (κ2) is 7.94. The maximum Gasteiger partial charge on any atom is 0.225 e. The average Bonchev–Trinajstić information content (AvgIpc) is 3.13. The predicted molar refractivity (Wildman–Crippen MR) is 99.0 cm³/mol. The zero-order valence-corrected chi connectivity index (χ0v) is 15.0. The summed E-state index contributed by atoms with van der Waals surface area (Å²) < 4.78 is 1.55. The highest BCUT2D eigenvalue weighted by molar-refractivity contribution is 7.99. The van der Waals surface area contributed by atoms with Crippen LogP contribution in [0.1, 0.15) is 17.5 Å². The van der Waals surface area contributed by atoms with Gasteiger partial charge in [0.25, 0.3) is 0 Å². The SMILES string of the molecule is Cc1ccc(SCCC(=O)Nc2cccc(-n3cnnn3)c2)cc1C. The lowest BCUT2D eigenvalue weighted by molar-refractivity contribution is -0.115. The van der Waals surface area contributed by atoms with Gasteiger partial charge in [-0.3, -0.25) is 4.79 Å². The van der Waals surface area contributed by atoms with Gasteiger partial charge < -0.3 is 5.32 Å². The maximum absolute atomic E-state index is 12.1. The molecule has 1 aromatic heterocycles. The molecule has 0 radical (unpaired) electrons. The third-order valence-electron chi connectivity index (χ3n) is 3.82. The molecule has 0 saturated heterocycles. The number of hydrogen-bond acceptors (Lipinski definition) is 5. The van der Waals surface area contributed by atoms with Gasteiger partial charge in [0.15, 0.2) is 0 Å². The molecule has 0 bridgehead atoms. The number of tetrazole rings is 1. The predicted octanol–water partition coefficient (Wildman–Crippen LogP) is 3.40. The van der Waals surface area contributed by atoms with Crippen molar-refractivity contribution in [2.45, 2.75) is 25.2 Å². The molecule has 3 aromatic rings. The molecule has 25 heavy (non-hydrogen) atoms. The van der Waals surface area contributed by atoms with Crippen LogP contribution in [0.5, 0.6) is 0 Å². The van der Waals surface area contributed by atoms with Gasteiger partial charge in [0.2, 0.25) is 5.91 Å². The van der Waals surface area contributed by atoms with Crippen molar-refractivity contribution in [3.8, 4) is 5.69 Å². The third kappa shape index (κ3) is 4.67. The Morgan fingerprint density at radius 2 is 2.04 bits per heavy atom. The number of carbonyl (C=O) groups is 1. The van der Waals surface area contributed by atoms with Crippen molar-refractivity contribution in [1.29, 1.82) is 0 Å². The second-order valence-electron chi connectivity index (χ2n) is 5.70. The van der Waals surface area contributed by atoms with Gasteiger partial charge in [0.05, 0.1) is 5.69 Å². The lowest BCUT2D eigenvalue weighted by Crippen LogP contribution is -2.12. The molecule has 1 heterocycles. The zero-order chi connectivity index (χ0) is 17.6. The summed E-state index contributed by atoms with van der Waals surface area (Å²) in [4.78, 5) is 13.3. The van der Waals surface area contributed by atoms with Gasteiger partial charge in [-0.15, -0.1) is 16.9 Å². The molecule has 0 aliphatic rings. The van der Waals surface area contributed by atoms with Gasteiger partial charge in [-0.05, 0) is 65.7 Å². The van der Waals surface area contributed by atoms with Crippen LogP contribution in [0.2, 0.25) is 0 Å². The molecule has 0 spiro atoms. The molecule has 1 N–H and O–H groups in total. The minimum Gasteiger partial charge on any atom is -0.326 e. The Kier molecular flexibility index (Phi) is 5.45. The summed E-state index contributed by atoms with van der Waals surface area (Å²) >= 11 is 1.69. The number of rotatable bonds is 6. The van der Waals surface area contributed by atoms with Gasteiger partial charge in [-0.25, -0.2) is 4.68 Å². The normalized spacial score (nSPS) is 10.6. The van der Waals surface area contributed by atoms with Crippen molar-refractivity contribution < 1.29 is 4.79 Å². The lowest BCUT2D eigenvalue weighted by Gasteiger charge is -2.08. The van der Waals surface area contributed by atoms with E-state index < -0.39 is 0 Å². The van der Waals surface area contributed by atoms with Crippen molar-refractivity contribution in [2.75, 3.05) is 11.1 Å². The van der Waals surface area contributed by atoms with Crippen molar-refractivity contribution in [2.24, 2.45) is 0 Å². The maximum atomic E-state index is 12.1. The second-order valence-corrected chi connectivity index (χ2v) is 6.87. The first kappa shape index (κ1) is 17.2. The molecule has 0 atom stereocenters. The average molecular weight is 353 g/mol. The van der Waals surface area contributed by atoms with E-state index in [4.69, 9.17) is 0 Å². The molecule has 0 saturated carbocycles. The molecule has 128 valence electrons. The number of hydrogen-bond donors (Lipinski definition) is 1. The number of carbonyl (C=O) groups excluding carboxylic acids is 1. The molecule has 2 aromatic carbocycles. The Hall–Kier alpha value is -2.67. The highest BCUT2D eigenvalue weighted by atomic mass is 32.2. The number of aromatic nitrogens is 4. The molecule has 0 aliphatic heterocycles. The molecule has 0 fully saturated rings. The highest BCUT2D eigenvalue weighted by Gasteiger charge is 2.05. The summed E-state index contributed by atoms with van der Waals surface area (Å²) in [5.41, 5.74) is 4.08. The van der Waals surface area contributed by atoms with E-state index in [-0.39, 0.29) is 5.91 Å². The van der Waals surface area contributed by atoms with E-state index in [2.05, 4.69) is 52.9 Å². The molecule has 1 amide bonds. The van der Waals surface area contributed by atoms with E-state index >= 15 is 0 Å². The van der Waals surface area contributed by atoms with Crippen molar-refractivity contribution in [3.05, 3.63) is 59.9 Å². The van der Waals surface area contributed by atoms with E-state index in [1.54, 1.807) is 16.4 Å². The van der Waals surface area contributed by atoms with Gasteiger partial charge >= 0.3 is 0 Å². The lowest BCUT2D eigenvalue weighted by atomic mass is 10.1. The summed E-state index contributed by atoms with van der Waals surface area (Å²) in [7, 11) is 0. The molecule has 7 heteroatoms. The summed E-state index contributed by atoms with van der Waals surface area (Å²) in [6, 6.07) is 13.8. The first-order valence-corrected chi connectivity index (χ1v) is 8.94. The van der Waals surface area contributed by atoms with E-state index in [0.717, 1.165) is 17.1 Å². The van der Waals surface area contributed by atoms with E-state index in [0.29, 0.717) is 6.42 Å². The van der Waals surface area contributed by atoms with Crippen LogP contribution in [0.4, 0.5) is 5.69 Å². The minimum absolute atomic E-state index is 0.00908. The van der Waals surface area contributed by atoms with Crippen LogP contribution in [0.15, 0.2) is 53.7 Å².